The molecular weight excluding hydrogens is 283 g/mol. The Morgan fingerprint density at radius 2 is 1.76 bits per heavy atom. The molecule has 0 aliphatic carbocycles. The van der Waals surface area contributed by atoms with Crippen molar-refractivity contribution in [1.82, 2.24) is 0 Å². The van der Waals surface area contributed by atoms with Gasteiger partial charge in [0.05, 0.1) is 7.11 Å². The Balaban J connectivity index is 2.07. The number of methoxy groups -OCH3 is 1. The highest BCUT2D eigenvalue weighted by molar-refractivity contribution is 7.97. The Morgan fingerprint density at radius 3 is 2.43 bits per heavy atom. The summed E-state index contributed by atoms with van der Waals surface area (Å²) in [5.74, 6) is 2.33. The Morgan fingerprint density at radius 1 is 1.05 bits per heavy atom. The zero-order valence-electron chi connectivity index (χ0n) is 12.2. The molecule has 0 aromatic heterocycles. The molecule has 5 heteroatoms. The van der Waals surface area contributed by atoms with E-state index in [2.05, 4.69) is 19.1 Å². The van der Waals surface area contributed by atoms with Gasteiger partial charge in [-0.05, 0) is 41.2 Å². The molecule has 2 rings (SSSR count). The van der Waals surface area contributed by atoms with Gasteiger partial charge >= 0.3 is 7.12 Å². The van der Waals surface area contributed by atoms with Crippen molar-refractivity contribution < 1.29 is 14.8 Å². The number of aryl methyl sites for hydroxylation is 1. The Kier molecular flexibility index (Phi) is 5.73. The third kappa shape index (κ3) is 4.27. The van der Waals surface area contributed by atoms with E-state index in [1.165, 1.54) is 11.1 Å². The number of rotatable bonds is 6. The second-order valence-electron chi connectivity index (χ2n) is 4.86. The lowest BCUT2D eigenvalue weighted by atomic mass is 9.77. The van der Waals surface area contributed by atoms with Crippen molar-refractivity contribution in [2.45, 2.75) is 18.4 Å². The zero-order chi connectivity index (χ0) is 15.2. The number of hydrogen-bond acceptors (Lipinski definition) is 4. The van der Waals surface area contributed by atoms with Crippen LogP contribution in [0.2, 0.25) is 0 Å². The molecule has 0 aliphatic rings. The van der Waals surface area contributed by atoms with Gasteiger partial charge < -0.3 is 14.8 Å². The zero-order valence-corrected chi connectivity index (χ0v) is 13.1. The van der Waals surface area contributed by atoms with Crippen molar-refractivity contribution in [2.75, 3.05) is 7.11 Å². The van der Waals surface area contributed by atoms with Crippen molar-refractivity contribution >= 4 is 24.3 Å². The van der Waals surface area contributed by atoms with Crippen LogP contribution in [0.15, 0.2) is 42.5 Å². The molecule has 0 radical (unpaired) electrons. The highest BCUT2D eigenvalue weighted by Crippen LogP contribution is 2.21. The topological polar surface area (TPSA) is 49.7 Å². The first-order chi connectivity index (χ1) is 10.1. The van der Waals surface area contributed by atoms with Gasteiger partial charge in [-0.1, -0.05) is 30.3 Å². The summed E-state index contributed by atoms with van der Waals surface area (Å²) in [4.78, 5) is 0. The molecule has 0 saturated carbocycles. The largest absolute Gasteiger partial charge is 0.497 e. The molecule has 21 heavy (non-hydrogen) atoms. The van der Waals surface area contributed by atoms with E-state index in [9.17, 15) is 10.0 Å². The number of hydrogen-bond donors (Lipinski definition) is 2. The average Bonchev–Trinajstić information content (AvgIpc) is 2.48. The molecule has 0 fully saturated rings. The molecule has 0 spiro atoms. The summed E-state index contributed by atoms with van der Waals surface area (Å²) in [5, 5.41) is 18.9. The van der Waals surface area contributed by atoms with Gasteiger partial charge in [-0.2, -0.15) is 11.8 Å². The Labute approximate surface area is 130 Å². The number of ether oxygens (including phenoxy) is 1. The van der Waals surface area contributed by atoms with E-state index >= 15 is 0 Å². The van der Waals surface area contributed by atoms with E-state index < -0.39 is 7.12 Å². The van der Waals surface area contributed by atoms with E-state index in [1.807, 2.05) is 18.2 Å². The van der Waals surface area contributed by atoms with Crippen LogP contribution in [0, 0.1) is 6.92 Å². The lowest BCUT2D eigenvalue weighted by Crippen LogP contribution is -2.32. The van der Waals surface area contributed by atoms with Gasteiger partial charge in [0, 0.05) is 11.5 Å². The van der Waals surface area contributed by atoms with Crippen LogP contribution in [0.25, 0.3) is 0 Å². The molecule has 0 unspecified atom stereocenters. The molecule has 3 nitrogen and oxygen atoms in total. The molecule has 2 aromatic rings. The number of thioether (sulfide) groups is 1. The molecule has 0 bridgehead atoms. The summed E-state index contributed by atoms with van der Waals surface area (Å²) in [7, 11) is 0.152. The fraction of sp³-hybridized carbons (Fsp3) is 0.250. The Bertz CT molecular complexity index is 602. The van der Waals surface area contributed by atoms with E-state index in [1.54, 1.807) is 31.0 Å². The van der Waals surface area contributed by atoms with Crippen LogP contribution >= 0.6 is 11.8 Å². The first-order valence-electron chi connectivity index (χ1n) is 6.77. The average molecular weight is 302 g/mol. The molecule has 0 aliphatic heterocycles. The third-order valence-corrected chi connectivity index (χ3v) is 4.43. The van der Waals surface area contributed by atoms with Gasteiger partial charge in [0.2, 0.25) is 0 Å². The molecule has 110 valence electrons. The van der Waals surface area contributed by atoms with Crippen LogP contribution in [-0.2, 0) is 11.5 Å². The molecule has 2 N–H and O–H groups in total. The van der Waals surface area contributed by atoms with E-state index in [0.29, 0.717) is 11.2 Å². The molecule has 0 atom stereocenters. The minimum absolute atomic E-state index is 0.535. The summed E-state index contributed by atoms with van der Waals surface area (Å²) in [6.45, 7) is 2.10. The first-order valence-corrected chi connectivity index (χ1v) is 7.92. The van der Waals surface area contributed by atoms with Gasteiger partial charge in [0.1, 0.15) is 5.75 Å². The van der Waals surface area contributed by atoms with Crippen molar-refractivity contribution in [1.29, 1.82) is 0 Å². The fourth-order valence-electron chi connectivity index (χ4n) is 2.13. The van der Waals surface area contributed by atoms with Gasteiger partial charge in [0.15, 0.2) is 0 Å². The highest BCUT2D eigenvalue weighted by Gasteiger charge is 2.16. The molecule has 2 aromatic carbocycles. The second kappa shape index (κ2) is 7.55. The van der Waals surface area contributed by atoms with Crippen LogP contribution in [0.4, 0.5) is 0 Å². The van der Waals surface area contributed by atoms with Crippen molar-refractivity contribution in [3.05, 3.63) is 59.2 Å². The normalized spacial score (nSPS) is 10.5. The smallest absolute Gasteiger partial charge is 0.488 e. The van der Waals surface area contributed by atoms with Crippen molar-refractivity contribution in [2.24, 2.45) is 0 Å². The van der Waals surface area contributed by atoms with Crippen LogP contribution in [-0.4, -0.2) is 24.3 Å². The summed E-state index contributed by atoms with van der Waals surface area (Å²) in [5.41, 5.74) is 4.01. The van der Waals surface area contributed by atoms with Crippen LogP contribution < -0.4 is 10.2 Å². The van der Waals surface area contributed by atoms with E-state index in [0.717, 1.165) is 17.1 Å². The monoisotopic (exact) mass is 302 g/mol. The fourth-order valence-corrected chi connectivity index (χ4v) is 3.24. The molecule has 0 heterocycles. The van der Waals surface area contributed by atoms with Gasteiger partial charge in [-0.15, -0.1) is 0 Å². The molecule has 0 saturated heterocycles. The summed E-state index contributed by atoms with van der Waals surface area (Å²) < 4.78 is 5.20. The second-order valence-corrected chi connectivity index (χ2v) is 5.84. The van der Waals surface area contributed by atoms with Crippen LogP contribution in [0.1, 0.15) is 16.7 Å². The first kappa shape index (κ1) is 16.0. The standard InChI is InChI=1S/C16H19BO3S/c1-12-5-3-4-6-13(12)10-21-11-14-9-15(20-2)7-8-16(14)17(18)19/h3-9,18-19H,10-11H2,1-2H3. The molecule has 0 amide bonds. The van der Waals surface area contributed by atoms with Crippen LogP contribution in [0.3, 0.4) is 0 Å². The maximum atomic E-state index is 9.43. The van der Waals surface area contributed by atoms with E-state index in [4.69, 9.17) is 4.74 Å². The predicted molar refractivity (Wildman–Crippen MR) is 89.0 cm³/mol. The highest BCUT2D eigenvalue weighted by atomic mass is 32.2. The van der Waals surface area contributed by atoms with Crippen molar-refractivity contribution in [3.63, 3.8) is 0 Å². The number of benzene rings is 2. The van der Waals surface area contributed by atoms with Gasteiger partial charge in [0.25, 0.3) is 0 Å². The maximum absolute atomic E-state index is 9.43. The minimum Gasteiger partial charge on any atom is -0.497 e. The lowest BCUT2D eigenvalue weighted by Gasteiger charge is -2.11. The molecular formula is C16H19BO3S. The lowest BCUT2D eigenvalue weighted by molar-refractivity contribution is 0.413. The summed E-state index contributed by atoms with van der Waals surface area (Å²) in [6, 6.07) is 13.6. The minimum atomic E-state index is -1.45. The predicted octanol–water partition coefficient (Wildman–Crippen LogP) is 2.12. The van der Waals surface area contributed by atoms with Crippen molar-refractivity contribution in [3.8, 4) is 5.75 Å². The van der Waals surface area contributed by atoms with Crippen LogP contribution in [0.5, 0.6) is 5.75 Å². The van der Waals surface area contributed by atoms with E-state index in [-0.39, 0.29) is 0 Å². The van der Waals surface area contributed by atoms with Gasteiger partial charge in [-0.25, -0.2) is 0 Å². The SMILES string of the molecule is COc1ccc(B(O)O)c(CSCc2ccccc2C)c1. The third-order valence-electron chi connectivity index (χ3n) is 3.40. The summed E-state index contributed by atoms with van der Waals surface area (Å²) >= 11 is 1.75. The quantitative estimate of drug-likeness (QED) is 0.803. The Hall–Kier alpha value is -1.43. The maximum Gasteiger partial charge on any atom is 0.488 e. The summed E-state index contributed by atoms with van der Waals surface area (Å²) in [6.07, 6.45) is 0. The van der Waals surface area contributed by atoms with Gasteiger partial charge in [-0.3, -0.25) is 0 Å².